The monoisotopic (exact) mass is 302 g/mol. The van der Waals surface area contributed by atoms with Crippen LogP contribution in [-0.2, 0) is 0 Å². The van der Waals surface area contributed by atoms with E-state index in [9.17, 15) is 9.90 Å². The first-order valence-electron chi connectivity index (χ1n) is 7.44. The van der Waals surface area contributed by atoms with Crippen LogP contribution in [0.2, 0.25) is 0 Å². The van der Waals surface area contributed by atoms with Crippen LogP contribution in [-0.4, -0.2) is 33.6 Å². The Morgan fingerprint density at radius 3 is 2.86 bits per heavy atom. The van der Waals surface area contributed by atoms with Crippen LogP contribution < -0.4 is 10.6 Å². The quantitative estimate of drug-likeness (QED) is 0.767. The number of aliphatic hydroxyl groups is 1. The van der Waals surface area contributed by atoms with E-state index in [4.69, 9.17) is 0 Å². The molecular formula is C16H22N4O2. The molecule has 118 valence electrons. The second kappa shape index (κ2) is 7.61. The molecule has 0 saturated heterocycles. The minimum atomic E-state index is -0.377. The van der Waals surface area contributed by atoms with Gasteiger partial charge in [0.2, 0.25) is 0 Å². The number of nitrogens with zero attached hydrogens (tertiary/aromatic N) is 2. The molecule has 0 radical (unpaired) electrons. The predicted molar refractivity (Wildman–Crippen MR) is 86.2 cm³/mol. The molecule has 6 heteroatoms. The Hall–Kier alpha value is -2.34. The smallest absolute Gasteiger partial charge is 0.320 e. The lowest BCUT2D eigenvalue weighted by Crippen LogP contribution is -2.32. The highest BCUT2D eigenvalue weighted by Gasteiger charge is 2.10. The molecule has 6 nitrogen and oxygen atoms in total. The Kier molecular flexibility index (Phi) is 5.55. The number of aromatic nitrogens is 2. The van der Waals surface area contributed by atoms with Crippen LogP contribution in [0.5, 0.6) is 0 Å². The first-order chi connectivity index (χ1) is 10.6. The third-order valence-electron chi connectivity index (χ3n) is 3.46. The maximum atomic E-state index is 11.9. The van der Waals surface area contributed by atoms with Crippen molar-refractivity contribution in [2.75, 3.05) is 11.9 Å². The zero-order valence-electron chi connectivity index (χ0n) is 12.9. The van der Waals surface area contributed by atoms with Gasteiger partial charge >= 0.3 is 6.03 Å². The first kappa shape index (κ1) is 16.0. The third kappa shape index (κ3) is 4.08. The van der Waals surface area contributed by atoms with Crippen molar-refractivity contribution in [3.05, 3.63) is 42.1 Å². The van der Waals surface area contributed by atoms with Crippen molar-refractivity contribution >= 4 is 11.8 Å². The Bertz CT molecular complexity index is 624. The van der Waals surface area contributed by atoms with Crippen LogP contribution in [0.25, 0.3) is 5.69 Å². The second-order valence-corrected chi connectivity index (χ2v) is 5.15. The topological polar surface area (TPSA) is 79.2 Å². The highest BCUT2D eigenvalue weighted by molar-refractivity contribution is 5.88. The molecule has 1 unspecified atom stereocenters. The van der Waals surface area contributed by atoms with Crippen molar-refractivity contribution in [2.45, 2.75) is 32.8 Å². The minimum Gasteiger partial charge on any atom is -0.393 e. The Labute approximate surface area is 130 Å². The van der Waals surface area contributed by atoms with Gasteiger partial charge in [0.25, 0.3) is 0 Å². The average molecular weight is 302 g/mol. The van der Waals surface area contributed by atoms with Crippen molar-refractivity contribution < 1.29 is 9.90 Å². The summed E-state index contributed by atoms with van der Waals surface area (Å²) in [5, 5.41) is 19.2. The van der Waals surface area contributed by atoms with Crippen LogP contribution in [0, 0.1) is 6.92 Å². The summed E-state index contributed by atoms with van der Waals surface area (Å²) in [6.07, 6.45) is 2.49. The Morgan fingerprint density at radius 1 is 1.36 bits per heavy atom. The zero-order chi connectivity index (χ0) is 15.9. The number of benzene rings is 1. The van der Waals surface area contributed by atoms with E-state index < -0.39 is 0 Å². The summed E-state index contributed by atoms with van der Waals surface area (Å²) in [4.78, 5) is 11.9. The summed E-state index contributed by atoms with van der Waals surface area (Å²) >= 11 is 0. The molecule has 0 aliphatic carbocycles. The molecule has 22 heavy (non-hydrogen) atoms. The molecule has 0 saturated carbocycles. The minimum absolute atomic E-state index is 0.307. The van der Waals surface area contributed by atoms with Crippen LogP contribution >= 0.6 is 0 Å². The molecule has 1 atom stereocenters. The van der Waals surface area contributed by atoms with E-state index in [-0.39, 0.29) is 12.1 Å². The van der Waals surface area contributed by atoms with Crippen molar-refractivity contribution in [3.63, 3.8) is 0 Å². The molecule has 1 aromatic heterocycles. The van der Waals surface area contributed by atoms with E-state index >= 15 is 0 Å². The number of aryl methyl sites for hydroxylation is 1. The lowest BCUT2D eigenvalue weighted by molar-refractivity contribution is 0.160. The van der Waals surface area contributed by atoms with Gasteiger partial charge in [0.15, 0.2) is 0 Å². The number of para-hydroxylation sites is 1. The van der Waals surface area contributed by atoms with Gasteiger partial charge in [0, 0.05) is 12.6 Å². The summed E-state index contributed by atoms with van der Waals surface area (Å²) in [5.74, 6) is 0.600. The predicted octanol–water partition coefficient (Wildman–Crippen LogP) is 2.46. The van der Waals surface area contributed by atoms with Gasteiger partial charge in [0.05, 0.1) is 18.0 Å². The van der Waals surface area contributed by atoms with Crippen LogP contribution in [0.3, 0.4) is 0 Å². The SMILES string of the molecule is CCC(O)CCNC(=O)Nc1ccnn1-c1ccccc1C. The zero-order valence-corrected chi connectivity index (χ0v) is 12.9. The molecule has 2 amide bonds. The molecule has 0 spiro atoms. The molecule has 0 bridgehead atoms. The molecule has 2 rings (SSSR count). The largest absolute Gasteiger partial charge is 0.393 e. The highest BCUT2D eigenvalue weighted by Crippen LogP contribution is 2.17. The Morgan fingerprint density at radius 2 is 2.14 bits per heavy atom. The van der Waals surface area contributed by atoms with Crippen molar-refractivity contribution in [2.24, 2.45) is 0 Å². The fraction of sp³-hybridized carbons (Fsp3) is 0.375. The normalized spacial score (nSPS) is 12.0. The summed E-state index contributed by atoms with van der Waals surface area (Å²) in [7, 11) is 0. The van der Waals surface area contributed by atoms with E-state index in [0.717, 1.165) is 11.3 Å². The van der Waals surface area contributed by atoms with Crippen LogP contribution in [0.1, 0.15) is 25.3 Å². The number of anilines is 1. The van der Waals surface area contributed by atoms with Gasteiger partial charge < -0.3 is 10.4 Å². The lowest BCUT2D eigenvalue weighted by Gasteiger charge is -2.12. The van der Waals surface area contributed by atoms with Crippen molar-refractivity contribution in [1.29, 1.82) is 0 Å². The first-order valence-corrected chi connectivity index (χ1v) is 7.44. The van der Waals surface area contributed by atoms with E-state index in [2.05, 4.69) is 15.7 Å². The molecule has 2 aromatic rings. The van der Waals surface area contributed by atoms with Crippen LogP contribution in [0.15, 0.2) is 36.5 Å². The summed E-state index contributed by atoms with van der Waals surface area (Å²) in [6.45, 7) is 4.33. The highest BCUT2D eigenvalue weighted by atomic mass is 16.3. The fourth-order valence-electron chi connectivity index (χ4n) is 2.11. The average Bonchev–Trinajstić information content (AvgIpc) is 2.95. The fourth-order valence-corrected chi connectivity index (χ4v) is 2.11. The summed E-state index contributed by atoms with van der Waals surface area (Å²) < 4.78 is 1.69. The van der Waals surface area contributed by atoms with Gasteiger partial charge in [-0.05, 0) is 31.4 Å². The standard InChI is InChI=1S/C16H22N4O2/c1-3-13(21)8-10-17-16(22)19-15-9-11-18-20(15)14-7-5-4-6-12(14)2/h4-7,9,11,13,21H,3,8,10H2,1-2H3,(H2,17,19,22). The van der Waals surface area contributed by atoms with Gasteiger partial charge in [0.1, 0.15) is 5.82 Å². The number of carbonyl (C=O) groups excluding carboxylic acids is 1. The van der Waals surface area contributed by atoms with Gasteiger partial charge in [-0.1, -0.05) is 25.1 Å². The van der Waals surface area contributed by atoms with Crippen LogP contribution in [0.4, 0.5) is 10.6 Å². The number of aliphatic hydroxyl groups excluding tert-OH is 1. The van der Waals surface area contributed by atoms with E-state index in [1.165, 1.54) is 0 Å². The van der Waals surface area contributed by atoms with E-state index in [0.29, 0.717) is 25.2 Å². The number of hydrogen-bond acceptors (Lipinski definition) is 3. The third-order valence-corrected chi connectivity index (χ3v) is 3.46. The molecular weight excluding hydrogens is 280 g/mol. The van der Waals surface area contributed by atoms with E-state index in [1.54, 1.807) is 16.9 Å². The number of urea groups is 1. The molecule has 1 aromatic carbocycles. The maximum absolute atomic E-state index is 11.9. The number of amides is 2. The maximum Gasteiger partial charge on any atom is 0.320 e. The second-order valence-electron chi connectivity index (χ2n) is 5.15. The Balaban J connectivity index is 1.99. The number of rotatable bonds is 6. The van der Waals surface area contributed by atoms with E-state index in [1.807, 2.05) is 38.1 Å². The van der Waals surface area contributed by atoms with Gasteiger partial charge in [-0.2, -0.15) is 5.10 Å². The molecule has 1 heterocycles. The van der Waals surface area contributed by atoms with Gasteiger partial charge in [-0.15, -0.1) is 0 Å². The lowest BCUT2D eigenvalue weighted by atomic mass is 10.2. The summed E-state index contributed by atoms with van der Waals surface area (Å²) in [5.41, 5.74) is 1.99. The number of carbonyl (C=O) groups is 1. The molecule has 0 aliphatic heterocycles. The molecule has 0 aliphatic rings. The molecule has 3 N–H and O–H groups in total. The number of nitrogens with one attached hydrogen (secondary N) is 2. The molecule has 0 fully saturated rings. The number of hydrogen-bond donors (Lipinski definition) is 3. The van der Waals surface area contributed by atoms with Crippen molar-refractivity contribution in [1.82, 2.24) is 15.1 Å². The van der Waals surface area contributed by atoms with Crippen molar-refractivity contribution in [3.8, 4) is 5.69 Å². The summed E-state index contributed by atoms with van der Waals surface area (Å²) in [6, 6.07) is 9.27. The van der Waals surface area contributed by atoms with Gasteiger partial charge in [-0.25, -0.2) is 9.48 Å². The van der Waals surface area contributed by atoms with Gasteiger partial charge in [-0.3, -0.25) is 5.32 Å².